The molecule has 0 aromatic rings. The lowest BCUT2D eigenvalue weighted by atomic mass is 9.73. The van der Waals surface area contributed by atoms with Crippen molar-refractivity contribution in [3.05, 3.63) is 0 Å². The molecule has 0 bridgehead atoms. The molecule has 0 spiro atoms. The largest absolute Gasteiger partial charge is 0.357 e. The lowest BCUT2D eigenvalue weighted by molar-refractivity contribution is -0.109. The Labute approximate surface area is 109 Å². The van der Waals surface area contributed by atoms with Gasteiger partial charge in [0.2, 0.25) is 6.41 Å². The van der Waals surface area contributed by atoms with E-state index in [9.17, 15) is 4.79 Å². The highest BCUT2D eigenvalue weighted by molar-refractivity contribution is 5.46. The third-order valence-electron chi connectivity index (χ3n) is 2.80. The molecule has 0 heterocycles. The molecule has 1 unspecified atom stereocenters. The molecule has 0 radical (unpaired) electrons. The first-order chi connectivity index (χ1) is 7.40. The molecule has 17 heavy (non-hydrogen) atoms. The second-order valence-corrected chi connectivity index (χ2v) is 7.47. The summed E-state index contributed by atoms with van der Waals surface area (Å²) in [5, 5.41) is 2.53. The zero-order valence-corrected chi connectivity index (χ0v) is 13.3. The number of hydrogen-bond donors (Lipinski definition) is 1. The molecule has 0 fully saturated rings. The summed E-state index contributed by atoms with van der Waals surface area (Å²) < 4.78 is 0. The topological polar surface area (TPSA) is 29.1 Å². The van der Waals surface area contributed by atoms with Gasteiger partial charge in [0, 0.05) is 6.04 Å². The molecule has 104 valence electrons. The first kappa shape index (κ1) is 18.8. The van der Waals surface area contributed by atoms with Gasteiger partial charge in [-0.2, -0.15) is 0 Å². The van der Waals surface area contributed by atoms with Crippen LogP contribution in [0, 0.1) is 16.7 Å². The average Bonchev–Trinajstić information content (AvgIpc) is 1.99. The third-order valence-corrected chi connectivity index (χ3v) is 2.80. The molecule has 1 N–H and O–H groups in total. The number of carbonyl (C=O) groups excluding carboxylic acids is 1. The van der Waals surface area contributed by atoms with Crippen molar-refractivity contribution in [2.75, 3.05) is 0 Å². The van der Waals surface area contributed by atoms with Gasteiger partial charge in [0.05, 0.1) is 0 Å². The van der Waals surface area contributed by atoms with Crippen LogP contribution in [0.1, 0.15) is 68.7 Å². The van der Waals surface area contributed by atoms with Crippen molar-refractivity contribution in [1.29, 1.82) is 0 Å². The highest BCUT2D eigenvalue weighted by Gasteiger charge is 2.24. The summed E-state index contributed by atoms with van der Waals surface area (Å²) >= 11 is 0. The number of rotatable bonds is 3. The lowest BCUT2D eigenvalue weighted by Gasteiger charge is -2.32. The smallest absolute Gasteiger partial charge is 0.207 e. The van der Waals surface area contributed by atoms with E-state index in [4.69, 9.17) is 0 Å². The number of hydrogen-bond acceptors (Lipinski definition) is 1. The first-order valence-corrected chi connectivity index (χ1v) is 6.60. The van der Waals surface area contributed by atoms with Crippen molar-refractivity contribution in [1.82, 2.24) is 5.32 Å². The quantitative estimate of drug-likeness (QED) is 0.738. The summed E-state index contributed by atoms with van der Waals surface area (Å²) in [6.45, 7) is 20.1. The third kappa shape index (κ3) is 15.5. The average molecular weight is 243 g/mol. The maximum Gasteiger partial charge on any atom is 0.207 e. The molecule has 1 amide bonds. The predicted octanol–water partition coefficient (Wildman–Crippen LogP) is 4.25. The van der Waals surface area contributed by atoms with E-state index >= 15 is 0 Å². The second kappa shape index (κ2) is 7.73. The number of nitrogens with one attached hydrogen (secondary N) is 1. The molecule has 0 aromatic heterocycles. The minimum Gasteiger partial charge on any atom is -0.357 e. The number of amides is 1. The van der Waals surface area contributed by atoms with Crippen LogP contribution < -0.4 is 5.32 Å². The molecular weight excluding hydrogens is 210 g/mol. The Morgan fingerprint density at radius 1 is 1.00 bits per heavy atom. The molecule has 0 rings (SSSR count). The van der Waals surface area contributed by atoms with Crippen molar-refractivity contribution in [3.8, 4) is 0 Å². The van der Waals surface area contributed by atoms with E-state index < -0.39 is 0 Å². The van der Waals surface area contributed by atoms with Gasteiger partial charge in [-0.1, -0.05) is 48.5 Å². The molecule has 0 aliphatic carbocycles. The molecule has 0 saturated heterocycles. The van der Waals surface area contributed by atoms with Gasteiger partial charge in [-0.05, 0) is 37.0 Å². The van der Waals surface area contributed by atoms with Crippen molar-refractivity contribution in [2.24, 2.45) is 16.7 Å². The van der Waals surface area contributed by atoms with Crippen LogP contribution in [0.3, 0.4) is 0 Å². The van der Waals surface area contributed by atoms with Gasteiger partial charge in [0.1, 0.15) is 0 Å². The van der Waals surface area contributed by atoms with Crippen LogP contribution in [-0.4, -0.2) is 12.5 Å². The maximum atomic E-state index is 9.50. The van der Waals surface area contributed by atoms with Gasteiger partial charge in [-0.25, -0.2) is 0 Å². The van der Waals surface area contributed by atoms with Crippen LogP contribution in [0.5, 0.6) is 0 Å². The summed E-state index contributed by atoms with van der Waals surface area (Å²) in [6, 6.07) is 0.280. The fourth-order valence-electron chi connectivity index (χ4n) is 1.36. The Bertz CT molecular complexity index is 196. The zero-order chi connectivity index (χ0) is 14.3. The van der Waals surface area contributed by atoms with E-state index in [1.807, 2.05) is 13.8 Å². The fraction of sp³-hybridized carbons (Fsp3) is 0.933. The molecule has 0 aromatic carbocycles. The van der Waals surface area contributed by atoms with Gasteiger partial charge in [-0.3, -0.25) is 4.79 Å². The van der Waals surface area contributed by atoms with Gasteiger partial charge >= 0.3 is 0 Å². The van der Waals surface area contributed by atoms with Gasteiger partial charge in [0.15, 0.2) is 0 Å². The van der Waals surface area contributed by atoms with E-state index in [0.717, 1.165) is 5.92 Å². The summed E-state index contributed by atoms with van der Waals surface area (Å²) in [6.07, 6.45) is 2.02. The lowest BCUT2D eigenvalue weighted by Crippen LogP contribution is -2.22. The van der Waals surface area contributed by atoms with Crippen LogP contribution in [-0.2, 0) is 4.79 Å². The minimum atomic E-state index is 0.280. The minimum absolute atomic E-state index is 0.280. The first-order valence-electron chi connectivity index (χ1n) is 6.60. The SMILES string of the molecule is CC(C)NC=O.CC(CC(C)(C)C)C(C)(C)C. The van der Waals surface area contributed by atoms with Crippen LogP contribution >= 0.6 is 0 Å². The van der Waals surface area contributed by atoms with E-state index in [0.29, 0.717) is 17.2 Å². The molecule has 0 saturated carbocycles. The molecule has 0 aliphatic heterocycles. The van der Waals surface area contributed by atoms with E-state index in [2.05, 4.69) is 53.8 Å². The highest BCUT2D eigenvalue weighted by Crippen LogP contribution is 2.35. The van der Waals surface area contributed by atoms with Gasteiger partial charge in [-0.15, -0.1) is 0 Å². The Balaban J connectivity index is 0. The summed E-state index contributed by atoms with van der Waals surface area (Å²) in [5.41, 5.74) is 0.944. The van der Waals surface area contributed by atoms with Crippen LogP contribution in [0.25, 0.3) is 0 Å². The van der Waals surface area contributed by atoms with Crippen molar-refractivity contribution in [2.45, 2.75) is 74.8 Å². The van der Waals surface area contributed by atoms with E-state index in [-0.39, 0.29) is 6.04 Å². The summed E-state index contributed by atoms with van der Waals surface area (Å²) in [7, 11) is 0. The predicted molar refractivity (Wildman–Crippen MR) is 77.0 cm³/mol. The Kier molecular flexibility index (Phi) is 8.56. The van der Waals surface area contributed by atoms with E-state index in [1.165, 1.54) is 6.42 Å². The van der Waals surface area contributed by atoms with Gasteiger partial charge < -0.3 is 5.32 Å². The van der Waals surface area contributed by atoms with Crippen molar-refractivity contribution >= 4 is 6.41 Å². The molecule has 1 atom stereocenters. The fourth-order valence-corrected chi connectivity index (χ4v) is 1.36. The van der Waals surface area contributed by atoms with Crippen LogP contribution in [0.4, 0.5) is 0 Å². The van der Waals surface area contributed by atoms with Crippen LogP contribution in [0.15, 0.2) is 0 Å². The monoisotopic (exact) mass is 243 g/mol. The standard InChI is InChI=1S/C11H24.C4H9NO/c1-9(11(5,6)7)8-10(2,3)4;1-4(2)5-3-6/h9H,8H2,1-7H3;3-4H,1-2H3,(H,5,6). The Hall–Kier alpha value is -0.530. The highest BCUT2D eigenvalue weighted by atomic mass is 16.1. The van der Waals surface area contributed by atoms with E-state index in [1.54, 1.807) is 0 Å². The van der Waals surface area contributed by atoms with Crippen molar-refractivity contribution < 1.29 is 4.79 Å². The van der Waals surface area contributed by atoms with Gasteiger partial charge in [0.25, 0.3) is 0 Å². The summed E-state index contributed by atoms with van der Waals surface area (Å²) in [5.74, 6) is 0.808. The second-order valence-electron chi connectivity index (χ2n) is 7.47. The molecular formula is C15H33NO. The normalized spacial score (nSPS) is 13.8. The van der Waals surface area contributed by atoms with Crippen LogP contribution in [0.2, 0.25) is 0 Å². The summed E-state index contributed by atoms with van der Waals surface area (Å²) in [4.78, 5) is 9.50. The number of carbonyl (C=O) groups is 1. The zero-order valence-electron chi connectivity index (χ0n) is 13.3. The maximum absolute atomic E-state index is 9.50. The van der Waals surface area contributed by atoms with Crippen molar-refractivity contribution in [3.63, 3.8) is 0 Å². The molecule has 2 heteroatoms. The Morgan fingerprint density at radius 2 is 1.41 bits per heavy atom. The Morgan fingerprint density at radius 3 is 1.47 bits per heavy atom. The molecule has 2 nitrogen and oxygen atoms in total. The molecule has 0 aliphatic rings.